The SMILES string of the molecule is CC(C)C(C)(O)CN1CCCN(CCO)CC1. The van der Waals surface area contributed by atoms with Gasteiger partial charge in [-0.25, -0.2) is 0 Å². The summed E-state index contributed by atoms with van der Waals surface area (Å²) in [5, 5.41) is 19.3. The molecule has 0 amide bonds. The Morgan fingerprint density at radius 1 is 1.12 bits per heavy atom. The first-order valence-corrected chi connectivity index (χ1v) is 6.73. The largest absolute Gasteiger partial charge is 0.395 e. The molecule has 102 valence electrons. The predicted molar refractivity (Wildman–Crippen MR) is 70.0 cm³/mol. The zero-order chi connectivity index (χ0) is 12.9. The van der Waals surface area contributed by atoms with E-state index in [0.717, 1.165) is 45.7 Å². The quantitative estimate of drug-likeness (QED) is 0.735. The van der Waals surface area contributed by atoms with Gasteiger partial charge in [-0.05, 0) is 32.4 Å². The van der Waals surface area contributed by atoms with Crippen LogP contribution < -0.4 is 0 Å². The van der Waals surface area contributed by atoms with E-state index in [0.29, 0.717) is 0 Å². The minimum atomic E-state index is -0.605. The van der Waals surface area contributed by atoms with Crippen molar-refractivity contribution in [2.45, 2.75) is 32.8 Å². The van der Waals surface area contributed by atoms with Crippen molar-refractivity contribution in [1.29, 1.82) is 0 Å². The van der Waals surface area contributed by atoms with Crippen LogP contribution in [0.5, 0.6) is 0 Å². The lowest BCUT2D eigenvalue weighted by molar-refractivity contribution is -0.0179. The molecule has 1 fully saturated rings. The van der Waals surface area contributed by atoms with Crippen LogP contribution in [0.4, 0.5) is 0 Å². The van der Waals surface area contributed by atoms with Gasteiger partial charge in [0.15, 0.2) is 0 Å². The Kier molecular flexibility index (Phi) is 5.86. The van der Waals surface area contributed by atoms with Gasteiger partial charge in [0.05, 0.1) is 12.2 Å². The van der Waals surface area contributed by atoms with Crippen LogP contribution in [0.2, 0.25) is 0 Å². The van der Waals surface area contributed by atoms with Gasteiger partial charge in [0, 0.05) is 26.2 Å². The predicted octanol–water partition coefficient (Wildman–Crippen LogP) is 0.393. The lowest BCUT2D eigenvalue weighted by Gasteiger charge is -2.33. The van der Waals surface area contributed by atoms with Crippen LogP contribution in [0.1, 0.15) is 27.2 Å². The molecule has 4 heteroatoms. The van der Waals surface area contributed by atoms with E-state index in [2.05, 4.69) is 23.6 Å². The Labute approximate surface area is 105 Å². The van der Waals surface area contributed by atoms with E-state index in [1.54, 1.807) is 0 Å². The summed E-state index contributed by atoms with van der Waals surface area (Å²) in [5.74, 6) is 0.277. The number of aliphatic hydroxyl groups is 2. The normalized spacial score (nSPS) is 23.6. The Balaban J connectivity index is 2.41. The Morgan fingerprint density at radius 3 is 2.29 bits per heavy atom. The highest BCUT2D eigenvalue weighted by Crippen LogP contribution is 2.18. The molecule has 0 bridgehead atoms. The van der Waals surface area contributed by atoms with Crippen molar-refractivity contribution in [3.05, 3.63) is 0 Å². The van der Waals surface area contributed by atoms with Crippen molar-refractivity contribution in [3.63, 3.8) is 0 Å². The number of hydrogen-bond acceptors (Lipinski definition) is 4. The molecule has 1 aliphatic rings. The fourth-order valence-corrected chi connectivity index (χ4v) is 2.18. The Bertz CT molecular complexity index is 219. The van der Waals surface area contributed by atoms with Gasteiger partial charge in [0.1, 0.15) is 0 Å². The monoisotopic (exact) mass is 244 g/mol. The van der Waals surface area contributed by atoms with Crippen LogP contribution >= 0.6 is 0 Å². The maximum absolute atomic E-state index is 10.3. The second kappa shape index (κ2) is 6.69. The molecule has 1 saturated heterocycles. The van der Waals surface area contributed by atoms with Gasteiger partial charge in [-0.3, -0.25) is 9.80 Å². The van der Waals surface area contributed by atoms with Crippen LogP contribution in [0, 0.1) is 5.92 Å². The topological polar surface area (TPSA) is 46.9 Å². The van der Waals surface area contributed by atoms with Crippen molar-refractivity contribution >= 4 is 0 Å². The maximum Gasteiger partial charge on any atom is 0.0768 e. The number of rotatable bonds is 5. The molecule has 2 N–H and O–H groups in total. The standard InChI is InChI=1S/C13H28N2O2/c1-12(2)13(3,17)11-15-6-4-5-14(7-8-15)9-10-16/h12,16-17H,4-11H2,1-3H3. The van der Waals surface area contributed by atoms with E-state index in [-0.39, 0.29) is 12.5 Å². The van der Waals surface area contributed by atoms with Gasteiger partial charge < -0.3 is 10.2 Å². The maximum atomic E-state index is 10.3. The Hall–Kier alpha value is -0.160. The summed E-state index contributed by atoms with van der Waals surface area (Å²) in [6.07, 6.45) is 1.12. The Morgan fingerprint density at radius 2 is 1.71 bits per heavy atom. The fraction of sp³-hybridized carbons (Fsp3) is 1.00. The van der Waals surface area contributed by atoms with E-state index in [1.165, 1.54) is 0 Å². The summed E-state index contributed by atoms with van der Waals surface area (Å²) >= 11 is 0. The minimum absolute atomic E-state index is 0.240. The fourth-order valence-electron chi connectivity index (χ4n) is 2.18. The molecular formula is C13H28N2O2. The third-order valence-corrected chi connectivity index (χ3v) is 3.88. The van der Waals surface area contributed by atoms with Crippen LogP contribution in [-0.4, -0.2) is 71.5 Å². The van der Waals surface area contributed by atoms with Gasteiger partial charge in [-0.15, -0.1) is 0 Å². The molecule has 0 spiro atoms. The van der Waals surface area contributed by atoms with E-state index in [1.807, 2.05) is 6.92 Å². The molecule has 0 aromatic rings. The first kappa shape index (κ1) is 14.9. The van der Waals surface area contributed by atoms with Crippen LogP contribution in [0.15, 0.2) is 0 Å². The molecule has 0 aromatic carbocycles. The molecule has 1 heterocycles. The van der Waals surface area contributed by atoms with Crippen molar-refractivity contribution in [2.24, 2.45) is 5.92 Å². The van der Waals surface area contributed by atoms with E-state index in [4.69, 9.17) is 5.11 Å². The second-order valence-electron chi connectivity index (χ2n) is 5.71. The average Bonchev–Trinajstić information content (AvgIpc) is 2.44. The summed E-state index contributed by atoms with van der Waals surface area (Å²) in [6, 6.07) is 0. The molecular weight excluding hydrogens is 216 g/mol. The lowest BCUT2D eigenvalue weighted by Crippen LogP contribution is -2.45. The number of nitrogens with zero attached hydrogens (tertiary/aromatic N) is 2. The smallest absolute Gasteiger partial charge is 0.0768 e. The average molecular weight is 244 g/mol. The number of aliphatic hydroxyl groups excluding tert-OH is 1. The molecule has 1 unspecified atom stereocenters. The molecule has 1 atom stereocenters. The summed E-state index contributed by atoms with van der Waals surface area (Å²) in [6.45, 7) is 11.9. The molecule has 17 heavy (non-hydrogen) atoms. The lowest BCUT2D eigenvalue weighted by atomic mass is 9.92. The van der Waals surface area contributed by atoms with E-state index in [9.17, 15) is 5.11 Å². The summed E-state index contributed by atoms with van der Waals surface area (Å²) in [7, 11) is 0. The molecule has 0 saturated carbocycles. The van der Waals surface area contributed by atoms with Crippen molar-refractivity contribution in [3.8, 4) is 0 Å². The van der Waals surface area contributed by atoms with Crippen molar-refractivity contribution < 1.29 is 10.2 Å². The van der Waals surface area contributed by atoms with Gasteiger partial charge in [0.25, 0.3) is 0 Å². The molecule has 0 aromatic heterocycles. The molecule has 4 nitrogen and oxygen atoms in total. The zero-order valence-electron chi connectivity index (χ0n) is 11.5. The number of β-amino-alcohol motifs (C(OH)–C–C–N with tert-alkyl or cyclic N) is 2. The first-order valence-electron chi connectivity index (χ1n) is 6.73. The molecule has 1 rings (SSSR count). The van der Waals surface area contributed by atoms with Gasteiger partial charge >= 0.3 is 0 Å². The van der Waals surface area contributed by atoms with Crippen molar-refractivity contribution in [2.75, 3.05) is 45.9 Å². The van der Waals surface area contributed by atoms with E-state index < -0.39 is 5.60 Å². The van der Waals surface area contributed by atoms with Crippen molar-refractivity contribution in [1.82, 2.24) is 9.80 Å². The highest BCUT2D eigenvalue weighted by molar-refractivity contribution is 4.82. The molecule has 1 aliphatic heterocycles. The third-order valence-electron chi connectivity index (χ3n) is 3.88. The highest BCUT2D eigenvalue weighted by atomic mass is 16.3. The minimum Gasteiger partial charge on any atom is -0.395 e. The highest BCUT2D eigenvalue weighted by Gasteiger charge is 2.28. The van der Waals surface area contributed by atoms with Crippen LogP contribution in [-0.2, 0) is 0 Å². The molecule has 0 radical (unpaired) electrons. The second-order valence-corrected chi connectivity index (χ2v) is 5.71. The number of hydrogen-bond donors (Lipinski definition) is 2. The van der Waals surface area contributed by atoms with Gasteiger partial charge in [0.2, 0.25) is 0 Å². The van der Waals surface area contributed by atoms with Gasteiger partial charge in [-0.1, -0.05) is 13.8 Å². The molecule has 0 aliphatic carbocycles. The van der Waals surface area contributed by atoms with Crippen LogP contribution in [0.25, 0.3) is 0 Å². The third kappa shape index (κ3) is 4.92. The van der Waals surface area contributed by atoms with Crippen LogP contribution in [0.3, 0.4) is 0 Å². The summed E-state index contributed by atoms with van der Waals surface area (Å²) in [4.78, 5) is 4.64. The first-order chi connectivity index (χ1) is 7.95. The van der Waals surface area contributed by atoms with E-state index >= 15 is 0 Å². The summed E-state index contributed by atoms with van der Waals surface area (Å²) < 4.78 is 0. The van der Waals surface area contributed by atoms with Gasteiger partial charge in [-0.2, -0.15) is 0 Å². The summed E-state index contributed by atoms with van der Waals surface area (Å²) in [5.41, 5.74) is -0.605. The zero-order valence-corrected chi connectivity index (χ0v) is 11.5.